The molecule has 1 amide bonds. The van der Waals surface area contributed by atoms with Crippen LogP contribution in [0.2, 0.25) is 0 Å². The SMILES string of the molecule is CNCCCNC(=O)c1sc(Cc2ccccc2)nc1C.Cl.Cl. The molecule has 1 aromatic heterocycles. The van der Waals surface area contributed by atoms with Crippen LogP contribution in [-0.2, 0) is 6.42 Å². The maximum atomic E-state index is 12.1. The number of halogens is 2. The Kier molecular flexibility index (Phi) is 10.8. The van der Waals surface area contributed by atoms with Crippen molar-refractivity contribution in [1.82, 2.24) is 15.6 Å². The lowest BCUT2D eigenvalue weighted by atomic mass is 10.2. The molecule has 0 atom stereocenters. The fourth-order valence-corrected chi connectivity index (χ4v) is 3.07. The van der Waals surface area contributed by atoms with Crippen LogP contribution in [0.25, 0.3) is 0 Å². The van der Waals surface area contributed by atoms with Crippen molar-refractivity contribution in [3.05, 3.63) is 51.5 Å². The first-order chi connectivity index (χ1) is 10.2. The van der Waals surface area contributed by atoms with E-state index in [-0.39, 0.29) is 30.7 Å². The Morgan fingerprint density at radius 2 is 1.87 bits per heavy atom. The van der Waals surface area contributed by atoms with E-state index < -0.39 is 0 Å². The Balaban J connectivity index is 0.00000242. The number of carbonyl (C=O) groups excluding carboxylic acids is 1. The molecule has 0 aliphatic rings. The molecule has 0 saturated heterocycles. The number of nitrogens with one attached hydrogen (secondary N) is 2. The molecule has 0 radical (unpaired) electrons. The number of benzene rings is 1. The summed E-state index contributed by atoms with van der Waals surface area (Å²) in [7, 11) is 1.91. The molecule has 0 bridgehead atoms. The number of hydrogen-bond acceptors (Lipinski definition) is 4. The summed E-state index contributed by atoms with van der Waals surface area (Å²) in [6.07, 6.45) is 1.70. The highest BCUT2D eigenvalue weighted by Gasteiger charge is 2.14. The lowest BCUT2D eigenvalue weighted by Crippen LogP contribution is -2.26. The minimum Gasteiger partial charge on any atom is -0.351 e. The molecule has 0 fully saturated rings. The minimum atomic E-state index is -0.0135. The molecule has 1 aromatic carbocycles. The smallest absolute Gasteiger partial charge is 0.263 e. The Bertz CT molecular complexity index is 590. The quantitative estimate of drug-likeness (QED) is 0.730. The van der Waals surface area contributed by atoms with Crippen molar-refractivity contribution < 1.29 is 4.79 Å². The normalized spacial score (nSPS) is 9.65. The van der Waals surface area contributed by atoms with E-state index in [9.17, 15) is 4.79 Å². The third kappa shape index (κ3) is 6.87. The first-order valence-electron chi connectivity index (χ1n) is 7.13. The fourth-order valence-electron chi connectivity index (χ4n) is 2.06. The van der Waals surface area contributed by atoms with Crippen molar-refractivity contribution in [2.75, 3.05) is 20.1 Å². The van der Waals surface area contributed by atoms with Gasteiger partial charge in [-0.2, -0.15) is 0 Å². The highest BCUT2D eigenvalue weighted by molar-refractivity contribution is 7.13. The summed E-state index contributed by atoms with van der Waals surface area (Å²) < 4.78 is 0. The van der Waals surface area contributed by atoms with E-state index in [0.717, 1.165) is 35.0 Å². The van der Waals surface area contributed by atoms with Crippen LogP contribution >= 0.6 is 36.2 Å². The van der Waals surface area contributed by atoms with Gasteiger partial charge in [0.25, 0.3) is 5.91 Å². The second-order valence-corrected chi connectivity index (χ2v) is 5.98. The Labute approximate surface area is 153 Å². The van der Waals surface area contributed by atoms with Crippen molar-refractivity contribution in [2.45, 2.75) is 19.8 Å². The van der Waals surface area contributed by atoms with Crippen LogP contribution in [0.4, 0.5) is 0 Å². The number of amides is 1. The van der Waals surface area contributed by atoms with Crippen molar-refractivity contribution in [1.29, 1.82) is 0 Å². The van der Waals surface area contributed by atoms with Crippen molar-refractivity contribution in [3.8, 4) is 0 Å². The van der Waals surface area contributed by atoms with Crippen LogP contribution in [0.15, 0.2) is 30.3 Å². The Morgan fingerprint density at radius 1 is 1.17 bits per heavy atom. The minimum absolute atomic E-state index is 0. The molecule has 4 nitrogen and oxygen atoms in total. The monoisotopic (exact) mass is 375 g/mol. The predicted octanol–water partition coefficient (Wildman–Crippen LogP) is 3.23. The molecule has 2 N–H and O–H groups in total. The van der Waals surface area contributed by atoms with Gasteiger partial charge in [0.1, 0.15) is 4.88 Å². The standard InChI is InChI=1S/C16H21N3OS.2ClH/c1-12-15(16(20)18-10-6-9-17-2)21-14(19-12)11-13-7-4-3-5-8-13;;/h3-5,7-8,17H,6,9-11H2,1-2H3,(H,18,20);2*1H. The average Bonchev–Trinajstić information content (AvgIpc) is 2.85. The van der Waals surface area contributed by atoms with E-state index in [1.54, 1.807) is 0 Å². The van der Waals surface area contributed by atoms with Gasteiger partial charge in [-0.05, 0) is 32.5 Å². The van der Waals surface area contributed by atoms with Gasteiger partial charge in [0, 0.05) is 13.0 Å². The Morgan fingerprint density at radius 3 is 2.52 bits per heavy atom. The van der Waals surface area contributed by atoms with Crippen molar-refractivity contribution in [2.24, 2.45) is 0 Å². The van der Waals surface area contributed by atoms with Crippen molar-refractivity contribution in [3.63, 3.8) is 0 Å². The largest absolute Gasteiger partial charge is 0.351 e. The van der Waals surface area contributed by atoms with Gasteiger partial charge >= 0.3 is 0 Å². The zero-order chi connectivity index (χ0) is 15.1. The van der Waals surface area contributed by atoms with Gasteiger partial charge < -0.3 is 10.6 Å². The summed E-state index contributed by atoms with van der Waals surface area (Å²) in [6, 6.07) is 10.2. The molecule has 23 heavy (non-hydrogen) atoms. The summed E-state index contributed by atoms with van der Waals surface area (Å²) in [4.78, 5) is 17.4. The van der Waals surface area contributed by atoms with Gasteiger partial charge in [-0.1, -0.05) is 30.3 Å². The molecular weight excluding hydrogens is 353 g/mol. The lowest BCUT2D eigenvalue weighted by Gasteiger charge is -2.03. The van der Waals surface area contributed by atoms with Crippen LogP contribution in [0, 0.1) is 6.92 Å². The van der Waals surface area contributed by atoms with E-state index in [1.165, 1.54) is 16.9 Å². The molecule has 1 heterocycles. The molecule has 0 spiro atoms. The topological polar surface area (TPSA) is 54.0 Å². The average molecular weight is 376 g/mol. The van der Waals surface area contributed by atoms with E-state index >= 15 is 0 Å². The molecule has 128 valence electrons. The van der Waals surface area contributed by atoms with Crippen LogP contribution in [-0.4, -0.2) is 31.0 Å². The van der Waals surface area contributed by atoms with Gasteiger partial charge in [0.15, 0.2) is 0 Å². The van der Waals surface area contributed by atoms with Crippen LogP contribution in [0.1, 0.15) is 32.4 Å². The highest BCUT2D eigenvalue weighted by Crippen LogP contribution is 2.20. The van der Waals surface area contributed by atoms with E-state index in [1.807, 2.05) is 32.2 Å². The number of carbonyl (C=O) groups is 1. The van der Waals surface area contributed by atoms with Gasteiger partial charge in [0.2, 0.25) is 0 Å². The number of aromatic nitrogens is 1. The van der Waals surface area contributed by atoms with Gasteiger partial charge in [0.05, 0.1) is 10.7 Å². The summed E-state index contributed by atoms with van der Waals surface area (Å²) in [6.45, 7) is 3.49. The van der Waals surface area contributed by atoms with E-state index in [4.69, 9.17) is 0 Å². The molecule has 0 aliphatic heterocycles. The molecule has 0 aliphatic carbocycles. The van der Waals surface area contributed by atoms with E-state index in [0.29, 0.717) is 6.54 Å². The first-order valence-corrected chi connectivity index (χ1v) is 7.95. The van der Waals surface area contributed by atoms with Crippen LogP contribution in [0.3, 0.4) is 0 Å². The predicted molar refractivity (Wildman–Crippen MR) is 101 cm³/mol. The Hall–Kier alpha value is -1.14. The number of aryl methyl sites for hydroxylation is 1. The van der Waals surface area contributed by atoms with Gasteiger partial charge in [-0.15, -0.1) is 36.2 Å². The number of rotatable bonds is 7. The zero-order valence-corrected chi connectivity index (χ0v) is 15.7. The molecule has 0 unspecified atom stereocenters. The fraction of sp³-hybridized carbons (Fsp3) is 0.375. The molecule has 7 heteroatoms. The molecule has 0 saturated carbocycles. The zero-order valence-electron chi connectivity index (χ0n) is 13.3. The summed E-state index contributed by atoms with van der Waals surface area (Å²) >= 11 is 1.49. The maximum Gasteiger partial charge on any atom is 0.263 e. The number of thiazole rings is 1. The van der Waals surface area contributed by atoms with Crippen LogP contribution < -0.4 is 10.6 Å². The first kappa shape index (κ1) is 21.9. The highest BCUT2D eigenvalue weighted by atomic mass is 35.5. The third-order valence-electron chi connectivity index (χ3n) is 3.13. The lowest BCUT2D eigenvalue weighted by molar-refractivity contribution is 0.0956. The summed E-state index contributed by atoms with van der Waals surface area (Å²) in [5.41, 5.74) is 2.03. The third-order valence-corrected chi connectivity index (χ3v) is 4.29. The second kappa shape index (κ2) is 11.4. The maximum absolute atomic E-state index is 12.1. The second-order valence-electron chi connectivity index (χ2n) is 4.90. The number of nitrogens with zero attached hydrogens (tertiary/aromatic N) is 1. The molecular formula is C16H23Cl2N3OS. The summed E-state index contributed by atoms with van der Waals surface area (Å²) in [5, 5.41) is 6.99. The molecule has 2 rings (SSSR count). The summed E-state index contributed by atoms with van der Waals surface area (Å²) in [5.74, 6) is -0.0135. The van der Waals surface area contributed by atoms with Crippen molar-refractivity contribution >= 4 is 42.1 Å². The number of hydrogen-bond donors (Lipinski definition) is 2. The van der Waals surface area contributed by atoms with Gasteiger partial charge in [-0.25, -0.2) is 4.98 Å². The molecule has 2 aromatic rings. The van der Waals surface area contributed by atoms with Gasteiger partial charge in [-0.3, -0.25) is 4.79 Å². The van der Waals surface area contributed by atoms with Crippen LogP contribution in [0.5, 0.6) is 0 Å². The van der Waals surface area contributed by atoms with E-state index in [2.05, 4.69) is 27.8 Å².